The van der Waals surface area contributed by atoms with E-state index in [-0.39, 0.29) is 10.6 Å². The second kappa shape index (κ2) is 5.00. The molecule has 0 aromatic heterocycles. The largest absolute Gasteiger partial charge is 0.383 e. The van der Waals surface area contributed by atoms with Crippen molar-refractivity contribution in [2.75, 3.05) is 0 Å². The summed E-state index contributed by atoms with van der Waals surface area (Å²) < 4.78 is 40.5. The van der Waals surface area contributed by atoms with E-state index in [4.69, 9.17) is 11.6 Å². The van der Waals surface area contributed by atoms with Crippen molar-refractivity contribution in [1.82, 2.24) is 0 Å². The Morgan fingerprint density at radius 2 is 1.28 bits per heavy atom. The summed E-state index contributed by atoms with van der Waals surface area (Å²) in [5.41, 5.74) is -0.965. The van der Waals surface area contributed by atoms with Crippen LogP contribution in [0.15, 0.2) is 36.4 Å². The highest BCUT2D eigenvalue weighted by Crippen LogP contribution is 2.32. The summed E-state index contributed by atoms with van der Waals surface area (Å²) in [5, 5.41) is 9.82. The lowest BCUT2D eigenvalue weighted by Crippen LogP contribution is -2.08. The van der Waals surface area contributed by atoms with Gasteiger partial charge in [0.05, 0.1) is 5.56 Å². The van der Waals surface area contributed by atoms with Crippen LogP contribution in [0.2, 0.25) is 5.02 Å². The Morgan fingerprint density at radius 3 is 1.78 bits per heavy atom. The maximum atomic E-state index is 13.6. The fourth-order valence-electron chi connectivity index (χ4n) is 1.69. The predicted molar refractivity (Wildman–Crippen MR) is 61.8 cm³/mol. The molecular weight excluding hydrogens is 265 g/mol. The number of rotatable bonds is 2. The van der Waals surface area contributed by atoms with Crippen LogP contribution in [0.5, 0.6) is 0 Å². The van der Waals surface area contributed by atoms with E-state index in [2.05, 4.69) is 0 Å². The predicted octanol–water partition coefficient (Wildman–Crippen LogP) is 3.84. The van der Waals surface area contributed by atoms with E-state index >= 15 is 0 Å². The quantitative estimate of drug-likeness (QED) is 0.881. The van der Waals surface area contributed by atoms with Crippen LogP contribution in [0.3, 0.4) is 0 Å². The Morgan fingerprint density at radius 1 is 0.833 bits per heavy atom. The second-order valence-electron chi connectivity index (χ2n) is 3.67. The molecule has 0 saturated heterocycles. The molecule has 0 heterocycles. The van der Waals surface area contributed by atoms with Gasteiger partial charge in [0.1, 0.15) is 23.6 Å². The van der Waals surface area contributed by atoms with Crippen molar-refractivity contribution in [1.29, 1.82) is 0 Å². The van der Waals surface area contributed by atoms with Gasteiger partial charge in [0.2, 0.25) is 0 Å². The Labute approximate surface area is 106 Å². The fourth-order valence-corrected chi connectivity index (χ4v) is 1.95. The van der Waals surface area contributed by atoms with Gasteiger partial charge in [0, 0.05) is 10.6 Å². The summed E-state index contributed by atoms with van der Waals surface area (Å²) in [7, 11) is 0. The van der Waals surface area contributed by atoms with Gasteiger partial charge in [0.15, 0.2) is 0 Å². The molecule has 2 aromatic carbocycles. The van der Waals surface area contributed by atoms with Gasteiger partial charge >= 0.3 is 0 Å². The molecule has 2 aromatic rings. The van der Waals surface area contributed by atoms with Crippen LogP contribution in [0, 0.1) is 17.5 Å². The molecule has 0 aliphatic rings. The molecule has 0 fully saturated rings. The van der Waals surface area contributed by atoms with Crippen molar-refractivity contribution in [3.8, 4) is 0 Å². The van der Waals surface area contributed by atoms with Crippen molar-refractivity contribution in [2.45, 2.75) is 6.10 Å². The van der Waals surface area contributed by atoms with Gasteiger partial charge in [-0.1, -0.05) is 23.7 Å². The number of hydrogen-bond acceptors (Lipinski definition) is 1. The van der Waals surface area contributed by atoms with E-state index in [0.717, 1.165) is 24.3 Å². The van der Waals surface area contributed by atoms with Crippen LogP contribution in [0.1, 0.15) is 17.2 Å². The molecule has 1 atom stereocenters. The van der Waals surface area contributed by atoms with Gasteiger partial charge in [0.25, 0.3) is 0 Å². The van der Waals surface area contributed by atoms with Gasteiger partial charge in [-0.05, 0) is 24.3 Å². The normalized spacial score (nSPS) is 12.5. The first kappa shape index (κ1) is 12.9. The Balaban J connectivity index is 2.58. The molecule has 0 aliphatic heterocycles. The van der Waals surface area contributed by atoms with Gasteiger partial charge < -0.3 is 5.11 Å². The summed E-state index contributed by atoms with van der Waals surface area (Å²) in [6.07, 6.45) is -1.79. The van der Waals surface area contributed by atoms with Crippen molar-refractivity contribution < 1.29 is 18.3 Å². The highest BCUT2D eigenvalue weighted by atomic mass is 35.5. The molecule has 1 N–H and O–H groups in total. The minimum absolute atomic E-state index is 0.0925. The van der Waals surface area contributed by atoms with Crippen LogP contribution in [0.25, 0.3) is 0 Å². The minimum Gasteiger partial charge on any atom is -0.383 e. The lowest BCUT2D eigenvalue weighted by atomic mass is 10.00. The number of hydrogen-bond donors (Lipinski definition) is 1. The Hall–Kier alpha value is -1.52. The molecule has 18 heavy (non-hydrogen) atoms. The molecule has 1 unspecified atom stereocenters. The lowest BCUT2D eigenvalue weighted by Gasteiger charge is -2.15. The first-order chi connectivity index (χ1) is 8.52. The molecule has 0 aliphatic carbocycles. The minimum atomic E-state index is -1.79. The van der Waals surface area contributed by atoms with E-state index in [1.807, 2.05) is 0 Å². The highest BCUT2D eigenvalue weighted by Gasteiger charge is 2.24. The van der Waals surface area contributed by atoms with Crippen LogP contribution >= 0.6 is 11.6 Å². The average Bonchev–Trinajstić information content (AvgIpc) is 2.28. The summed E-state index contributed by atoms with van der Waals surface area (Å²) in [6.45, 7) is 0. The molecular formula is C13H8ClF3O. The third-order valence-corrected chi connectivity index (χ3v) is 2.88. The molecule has 94 valence electrons. The average molecular weight is 273 g/mol. The van der Waals surface area contributed by atoms with E-state index in [1.54, 1.807) is 0 Å². The van der Waals surface area contributed by atoms with E-state index in [1.165, 1.54) is 12.1 Å². The third-order valence-electron chi connectivity index (χ3n) is 2.55. The van der Waals surface area contributed by atoms with Gasteiger partial charge in [-0.15, -0.1) is 0 Å². The van der Waals surface area contributed by atoms with Crippen molar-refractivity contribution in [3.05, 3.63) is 70.0 Å². The van der Waals surface area contributed by atoms with Crippen molar-refractivity contribution in [2.24, 2.45) is 0 Å². The van der Waals surface area contributed by atoms with Crippen LogP contribution in [-0.2, 0) is 0 Å². The number of halogens is 4. The summed E-state index contributed by atoms with van der Waals surface area (Å²) >= 11 is 5.73. The highest BCUT2D eigenvalue weighted by molar-refractivity contribution is 6.31. The standard InChI is InChI=1S/C13H8ClF3O/c14-7-3-1-4-8(15)11(7)13(18)12-9(16)5-2-6-10(12)17/h1-6,13,18H. The zero-order valence-corrected chi connectivity index (χ0v) is 9.76. The zero-order valence-electron chi connectivity index (χ0n) is 9.00. The number of aliphatic hydroxyl groups is 1. The summed E-state index contributed by atoms with van der Waals surface area (Å²) in [4.78, 5) is 0. The van der Waals surface area contributed by atoms with Crippen LogP contribution in [0.4, 0.5) is 13.2 Å². The maximum Gasteiger partial charge on any atom is 0.132 e. The number of benzene rings is 2. The Bertz CT molecular complexity index is 494. The molecule has 0 saturated carbocycles. The lowest BCUT2D eigenvalue weighted by molar-refractivity contribution is 0.204. The smallest absolute Gasteiger partial charge is 0.132 e. The maximum absolute atomic E-state index is 13.6. The topological polar surface area (TPSA) is 20.2 Å². The summed E-state index contributed by atoms with van der Waals surface area (Å²) in [6, 6.07) is 6.85. The van der Waals surface area contributed by atoms with Gasteiger partial charge in [-0.3, -0.25) is 0 Å². The zero-order chi connectivity index (χ0) is 13.3. The molecule has 0 bridgehead atoms. The molecule has 0 amide bonds. The van der Waals surface area contributed by atoms with Gasteiger partial charge in [-0.2, -0.15) is 0 Å². The van der Waals surface area contributed by atoms with Crippen LogP contribution < -0.4 is 0 Å². The van der Waals surface area contributed by atoms with E-state index in [0.29, 0.717) is 0 Å². The van der Waals surface area contributed by atoms with E-state index < -0.39 is 29.1 Å². The van der Waals surface area contributed by atoms with E-state index in [9.17, 15) is 18.3 Å². The fraction of sp³-hybridized carbons (Fsp3) is 0.0769. The van der Waals surface area contributed by atoms with Gasteiger partial charge in [-0.25, -0.2) is 13.2 Å². The first-order valence-corrected chi connectivity index (χ1v) is 5.46. The third kappa shape index (κ3) is 2.21. The second-order valence-corrected chi connectivity index (χ2v) is 4.08. The number of aliphatic hydroxyl groups excluding tert-OH is 1. The summed E-state index contributed by atoms with van der Waals surface area (Å²) in [5.74, 6) is -2.73. The SMILES string of the molecule is OC(c1c(F)cccc1F)c1c(F)cccc1Cl. The monoisotopic (exact) mass is 272 g/mol. The van der Waals surface area contributed by atoms with Crippen LogP contribution in [-0.4, -0.2) is 5.11 Å². The molecule has 0 radical (unpaired) electrons. The molecule has 2 rings (SSSR count). The Kier molecular flexibility index (Phi) is 3.59. The molecule has 0 spiro atoms. The van der Waals surface area contributed by atoms with Crippen molar-refractivity contribution in [3.63, 3.8) is 0 Å². The first-order valence-electron chi connectivity index (χ1n) is 5.08. The molecule has 5 heteroatoms. The van der Waals surface area contributed by atoms with Crippen molar-refractivity contribution >= 4 is 11.6 Å². The molecule has 1 nitrogen and oxygen atoms in total.